The van der Waals surface area contributed by atoms with E-state index < -0.39 is 11.4 Å². The Kier molecular flexibility index (Phi) is 3.12. The first-order chi connectivity index (χ1) is 9.99. The van der Waals surface area contributed by atoms with Crippen LogP contribution in [-0.2, 0) is 4.79 Å². The lowest BCUT2D eigenvalue weighted by molar-refractivity contribution is -0.150. The molecular weight excluding hydrogens is 272 g/mol. The number of nitrogens with zero attached hydrogens (tertiary/aromatic N) is 3. The molecule has 1 aliphatic heterocycles. The number of H-pyrrole nitrogens is 1. The second-order valence-electron chi connectivity index (χ2n) is 5.72. The van der Waals surface area contributed by atoms with Crippen molar-refractivity contribution in [3.05, 3.63) is 23.8 Å². The fourth-order valence-electron chi connectivity index (χ4n) is 2.74. The number of amides is 1. The fraction of sp³-hybridized carbons (Fsp3) is 0.429. The number of benzene rings is 1. The molecule has 7 heteroatoms. The van der Waals surface area contributed by atoms with Gasteiger partial charge in [-0.25, -0.2) is 0 Å². The predicted octanol–water partition coefficient (Wildman–Crippen LogP) is 1.28. The van der Waals surface area contributed by atoms with Gasteiger partial charge in [0, 0.05) is 18.7 Å². The van der Waals surface area contributed by atoms with E-state index in [4.69, 9.17) is 0 Å². The zero-order valence-corrected chi connectivity index (χ0v) is 11.7. The topological polar surface area (TPSA) is 99.2 Å². The molecule has 3 rings (SSSR count). The number of hydrogen-bond acceptors (Lipinski definition) is 4. The Morgan fingerprint density at radius 1 is 1.33 bits per heavy atom. The summed E-state index contributed by atoms with van der Waals surface area (Å²) < 4.78 is 0. The Hall–Kier alpha value is -2.44. The number of carboxylic acid groups (broad SMARTS) is 1. The van der Waals surface area contributed by atoms with Crippen molar-refractivity contribution in [3.63, 3.8) is 0 Å². The summed E-state index contributed by atoms with van der Waals surface area (Å²) in [7, 11) is 0. The van der Waals surface area contributed by atoms with Gasteiger partial charge in [0.2, 0.25) is 0 Å². The molecule has 0 bridgehead atoms. The second kappa shape index (κ2) is 4.83. The van der Waals surface area contributed by atoms with Gasteiger partial charge in [0.05, 0.1) is 5.41 Å². The number of fused-ring (bicyclic) bond motifs is 1. The van der Waals surface area contributed by atoms with E-state index in [1.165, 1.54) is 0 Å². The van der Waals surface area contributed by atoms with Crippen LogP contribution in [0, 0.1) is 5.41 Å². The van der Waals surface area contributed by atoms with Crippen molar-refractivity contribution in [3.8, 4) is 0 Å². The van der Waals surface area contributed by atoms with Crippen molar-refractivity contribution >= 4 is 22.9 Å². The van der Waals surface area contributed by atoms with E-state index in [-0.39, 0.29) is 12.5 Å². The van der Waals surface area contributed by atoms with Crippen molar-refractivity contribution in [2.24, 2.45) is 5.41 Å². The average Bonchev–Trinajstić information content (AvgIpc) is 2.93. The molecule has 0 aliphatic carbocycles. The van der Waals surface area contributed by atoms with Gasteiger partial charge in [0.15, 0.2) is 0 Å². The summed E-state index contributed by atoms with van der Waals surface area (Å²) >= 11 is 0. The molecule has 1 aliphatic rings. The minimum absolute atomic E-state index is 0.160. The molecule has 7 nitrogen and oxygen atoms in total. The monoisotopic (exact) mass is 288 g/mol. The average molecular weight is 288 g/mol. The van der Waals surface area contributed by atoms with E-state index in [0.29, 0.717) is 36.0 Å². The number of piperidine rings is 1. The van der Waals surface area contributed by atoms with Gasteiger partial charge < -0.3 is 10.0 Å². The maximum Gasteiger partial charge on any atom is 0.311 e. The standard InChI is InChI=1S/C14H16N4O3/c1-14(13(20)21)5-2-6-18(8-14)12(19)9-3-4-10-11(7-9)16-17-15-10/h3-4,7H,2,5-6,8H2,1H3,(H,20,21)(H,15,16,17). The molecule has 1 amide bonds. The molecule has 2 heterocycles. The van der Waals surface area contributed by atoms with Crippen molar-refractivity contribution in [2.75, 3.05) is 13.1 Å². The summed E-state index contributed by atoms with van der Waals surface area (Å²) in [5.41, 5.74) is 0.955. The third kappa shape index (κ3) is 2.35. The summed E-state index contributed by atoms with van der Waals surface area (Å²) in [5.74, 6) is -1.01. The van der Waals surface area contributed by atoms with Crippen LogP contribution in [0.4, 0.5) is 0 Å². The molecule has 0 saturated carbocycles. The quantitative estimate of drug-likeness (QED) is 0.867. The third-order valence-corrected chi connectivity index (χ3v) is 4.06. The molecule has 110 valence electrons. The smallest absolute Gasteiger partial charge is 0.311 e. The number of aromatic amines is 1. The molecule has 1 aromatic carbocycles. The van der Waals surface area contributed by atoms with Crippen LogP contribution in [0.5, 0.6) is 0 Å². The van der Waals surface area contributed by atoms with Gasteiger partial charge in [-0.05, 0) is 38.0 Å². The Morgan fingerprint density at radius 2 is 2.10 bits per heavy atom. The summed E-state index contributed by atoms with van der Waals surface area (Å²) in [5, 5.41) is 19.7. The van der Waals surface area contributed by atoms with Gasteiger partial charge in [-0.2, -0.15) is 15.4 Å². The second-order valence-corrected chi connectivity index (χ2v) is 5.72. The Balaban J connectivity index is 1.85. The van der Waals surface area contributed by atoms with Crippen molar-refractivity contribution in [2.45, 2.75) is 19.8 Å². The normalized spacial score (nSPS) is 22.4. The number of aliphatic carboxylic acids is 1. The van der Waals surface area contributed by atoms with Crippen LogP contribution in [0.25, 0.3) is 11.0 Å². The predicted molar refractivity (Wildman–Crippen MR) is 74.8 cm³/mol. The highest BCUT2D eigenvalue weighted by Crippen LogP contribution is 2.30. The number of carboxylic acids is 1. The van der Waals surface area contributed by atoms with Crippen molar-refractivity contribution < 1.29 is 14.7 Å². The summed E-state index contributed by atoms with van der Waals surface area (Å²) in [4.78, 5) is 25.5. The number of hydrogen-bond donors (Lipinski definition) is 2. The number of likely N-dealkylation sites (tertiary alicyclic amines) is 1. The highest BCUT2D eigenvalue weighted by Gasteiger charge is 2.39. The molecule has 0 spiro atoms. The zero-order valence-electron chi connectivity index (χ0n) is 11.7. The molecule has 21 heavy (non-hydrogen) atoms. The molecule has 0 radical (unpaired) electrons. The minimum atomic E-state index is -0.869. The maximum atomic E-state index is 12.6. The molecule has 1 fully saturated rings. The van der Waals surface area contributed by atoms with Crippen molar-refractivity contribution in [1.82, 2.24) is 20.3 Å². The number of nitrogens with one attached hydrogen (secondary N) is 1. The van der Waals surface area contributed by atoms with Crippen molar-refractivity contribution in [1.29, 1.82) is 0 Å². The van der Waals surface area contributed by atoms with Crippen LogP contribution < -0.4 is 0 Å². The Morgan fingerprint density at radius 3 is 2.86 bits per heavy atom. The molecule has 1 aromatic heterocycles. The van der Waals surface area contributed by atoms with E-state index in [2.05, 4.69) is 15.4 Å². The van der Waals surface area contributed by atoms with Crippen LogP contribution in [-0.4, -0.2) is 50.4 Å². The summed E-state index contributed by atoms with van der Waals surface area (Å²) in [6.45, 7) is 2.51. The number of carbonyl (C=O) groups excluding carboxylic acids is 1. The Bertz CT molecular complexity index is 711. The summed E-state index contributed by atoms with van der Waals surface area (Å²) in [6, 6.07) is 5.10. The zero-order chi connectivity index (χ0) is 15.0. The molecule has 1 atom stereocenters. The summed E-state index contributed by atoms with van der Waals surface area (Å²) in [6.07, 6.45) is 1.29. The third-order valence-electron chi connectivity index (χ3n) is 4.06. The number of rotatable bonds is 2. The first kappa shape index (κ1) is 13.5. The first-order valence-corrected chi connectivity index (χ1v) is 6.83. The van der Waals surface area contributed by atoms with Gasteiger partial charge in [-0.3, -0.25) is 9.59 Å². The number of aromatic nitrogens is 3. The molecule has 2 N–H and O–H groups in total. The van der Waals surface area contributed by atoms with Gasteiger partial charge >= 0.3 is 5.97 Å². The van der Waals surface area contributed by atoms with Crippen LogP contribution >= 0.6 is 0 Å². The maximum absolute atomic E-state index is 12.6. The van der Waals surface area contributed by atoms with E-state index in [9.17, 15) is 14.7 Å². The highest BCUT2D eigenvalue weighted by molar-refractivity contribution is 5.97. The molecule has 1 unspecified atom stereocenters. The Labute approximate surface area is 120 Å². The molecular formula is C14H16N4O3. The van der Waals surface area contributed by atoms with Crippen LogP contribution in [0.2, 0.25) is 0 Å². The van der Waals surface area contributed by atoms with E-state index >= 15 is 0 Å². The van der Waals surface area contributed by atoms with E-state index in [1.807, 2.05) is 0 Å². The van der Waals surface area contributed by atoms with Gasteiger partial charge in [-0.15, -0.1) is 0 Å². The van der Waals surface area contributed by atoms with Crippen LogP contribution in [0.1, 0.15) is 30.1 Å². The SMILES string of the molecule is CC1(C(=O)O)CCCN(C(=O)c2ccc3n[nH]nc3c2)C1. The lowest BCUT2D eigenvalue weighted by Crippen LogP contribution is -2.48. The van der Waals surface area contributed by atoms with Gasteiger partial charge in [-0.1, -0.05) is 0 Å². The van der Waals surface area contributed by atoms with E-state index in [1.54, 1.807) is 30.0 Å². The molecule has 1 saturated heterocycles. The lowest BCUT2D eigenvalue weighted by Gasteiger charge is -2.37. The van der Waals surface area contributed by atoms with Crippen LogP contribution in [0.15, 0.2) is 18.2 Å². The van der Waals surface area contributed by atoms with Gasteiger partial charge in [0.25, 0.3) is 5.91 Å². The largest absolute Gasteiger partial charge is 0.481 e. The fourth-order valence-corrected chi connectivity index (χ4v) is 2.74. The minimum Gasteiger partial charge on any atom is -0.481 e. The van der Waals surface area contributed by atoms with Crippen LogP contribution in [0.3, 0.4) is 0 Å². The lowest BCUT2D eigenvalue weighted by atomic mass is 9.82. The van der Waals surface area contributed by atoms with E-state index in [0.717, 1.165) is 0 Å². The first-order valence-electron chi connectivity index (χ1n) is 6.83. The highest BCUT2D eigenvalue weighted by atomic mass is 16.4. The number of carbonyl (C=O) groups is 2. The van der Waals surface area contributed by atoms with Gasteiger partial charge in [0.1, 0.15) is 11.0 Å². The molecule has 2 aromatic rings.